The van der Waals surface area contributed by atoms with Gasteiger partial charge in [0.05, 0.1) is 12.9 Å². The van der Waals surface area contributed by atoms with Crippen LogP contribution >= 0.6 is 11.6 Å². The number of halogens is 1. The van der Waals surface area contributed by atoms with E-state index in [9.17, 15) is 8.42 Å². The maximum Gasteiger partial charge on any atom is 0.264 e. The van der Waals surface area contributed by atoms with Crippen molar-refractivity contribution < 1.29 is 17.3 Å². The molecule has 0 radical (unpaired) electrons. The first-order valence-electron chi connectivity index (χ1n) is 4.04. The van der Waals surface area contributed by atoms with Gasteiger partial charge >= 0.3 is 0 Å². The van der Waals surface area contributed by atoms with Crippen LogP contribution in [-0.2, 0) is 19.0 Å². The average Bonchev–Trinajstić information content (AvgIpc) is 2.01. The highest BCUT2D eigenvalue weighted by atomic mass is 35.5. The van der Waals surface area contributed by atoms with Gasteiger partial charge < -0.3 is 4.74 Å². The molecular weight excluding hydrogens is 216 g/mol. The lowest BCUT2D eigenvalue weighted by molar-refractivity contribution is 0.171. The number of rotatable bonds is 8. The second-order valence-corrected chi connectivity index (χ2v) is 4.47. The summed E-state index contributed by atoms with van der Waals surface area (Å²) < 4.78 is 30.4. The van der Waals surface area contributed by atoms with E-state index in [1.807, 2.05) is 0 Å². The van der Waals surface area contributed by atoms with Gasteiger partial charge in [0, 0.05) is 6.61 Å². The van der Waals surface area contributed by atoms with Crippen molar-refractivity contribution in [2.45, 2.75) is 19.3 Å². The normalized spacial score (nSPS) is 11.8. The zero-order valence-corrected chi connectivity index (χ0v) is 9.23. The first kappa shape index (κ1) is 13.2. The highest BCUT2D eigenvalue weighted by Gasteiger charge is 1.99. The molecule has 6 heteroatoms. The van der Waals surface area contributed by atoms with E-state index in [1.54, 1.807) is 0 Å². The lowest BCUT2D eigenvalue weighted by Crippen LogP contribution is -2.04. The molecule has 0 aliphatic carbocycles. The van der Waals surface area contributed by atoms with E-state index in [2.05, 4.69) is 4.18 Å². The minimum absolute atomic E-state index is 0.208. The molecule has 13 heavy (non-hydrogen) atoms. The summed E-state index contributed by atoms with van der Waals surface area (Å²) in [6.45, 7) is 0.863. The molecule has 0 N–H and O–H groups in total. The van der Waals surface area contributed by atoms with Gasteiger partial charge in [0.2, 0.25) is 0 Å². The Bertz CT molecular complexity index is 203. The molecule has 0 saturated carbocycles. The van der Waals surface area contributed by atoms with Gasteiger partial charge in [-0.3, -0.25) is 4.18 Å². The summed E-state index contributed by atoms with van der Waals surface area (Å²) in [4.78, 5) is 0. The summed E-state index contributed by atoms with van der Waals surface area (Å²) in [5, 5.41) is 0. The number of hydrogen-bond donors (Lipinski definition) is 0. The Morgan fingerprint density at radius 2 is 1.77 bits per heavy atom. The van der Waals surface area contributed by atoms with Crippen LogP contribution in [0.4, 0.5) is 0 Å². The van der Waals surface area contributed by atoms with Gasteiger partial charge in [-0.15, -0.1) is 0 Å². The Balaban J connectivity index is 3.09. The zero-order chi connectivity index (χ0) is 10.2. The van der Waals surface area contributed by atoms with Crippen LogP contribution in [0.3, 0.4) is 0 Å². The second-order valence-electron chi connectivity index (χ2n) is 2.60. The molecule has 0 aromatic carbocycles. The number of unbranched alkanes of at least 4 members (excludes halogenated alkanes) is 2. The van der Waals surface area contributed by atoms with Gasteiger partial charge in [-0.25, -0.2) is 0 Å². The van der Waals surface area contributed by atoms with Crippen LogP contribution in [0.15, 0.2) is 0 Å². The molecule has 0 rings (SSSR count). The van der Waals surface area contributed by atoms with Gasteiger partial charge in [0.25, 0.3) is 10.1 Å². The van der Waals surface area contributed by atoms with Gasteiger partial charge in [0.15, 0.2) is 0 Å². The van der Waals surface area contributed by atoms with Crippen molar-refractivity contribution in [2.75, 3.05) is 25.5 Å². The van der Waals surface area contributed by atoms with E-state index in [4.69, 9.17) is 16.3 Å². The lowest BCUT2D eigenvalue weighted by atomic mass is 10.2. The van der Waals surface area contributed by atoms with Crippen molar-refractivity contribution in [3.05, 3.63) is 0 Å². The van der Waals surface area contributed by atoms with Gasteiger partial charge in [-0.1, -0.05) is 11.6 Å². The summed E-state index contributed by atoms with van der Waals surface area (Å²) in [6, 6.07) is 0.208. The van der Waals surface area contributed by atoms with E-state index >= 15 is 0 Å². The molecule has 0 aliphatic rings. The van der Waals surface area contributed by atoms with Gasteiger partial charge in [-0.05, 0) is 19.3 Å². The van der Waals surface area contributed by atoms with Gasteiger partial charge in [0.1, 0.15) is 6.07 Å². The van der Waals surface area contributed by atoms with Crippen LogP contribution < -0.4 is 0 Å². The number of ether oxygens (including phenoxy) is 1. The van der Waals surface area contributed by atoms with Crippen molar-refractivity contribution >= 4 is 21.7 Å². The number of hydrogen-bond acceptors (Lipinski definition) is 4. The first-order chi connectivity index (χ1) is 6.06. The largest absolute Gasteiger partial charge is 0.366 e. The topological polar surface area (TPSA) is 52.6 Å². The smallest absolute Gasteiger partial charge is 0.264 e. The standard InChI is InChI=1S/C7H15ClO4S/c1-13(9,10)12-6-4-2-3-5-11-7-8/h2-7H2,1H3. The summed E-state index contributed by atoms with van der Waals surface area (Å²) >= 11 is 5.28. The van der Waals surface area contributed by atoms with Crippen LogP contribution in [0.5, 0.6) is 0 Å². The third kappa shape index (κ3) is 12.2. The molecule has 4 nitrogen and oxygen atoms in total. The fraction of sp³-hybridized carbons (Fsp3) is 1.00. The quantitative estimate of drug-likeness (QED) is 0.359. The van der Waals surface area contributed by atoms with Crippen LogP contribution in [0.25, 0.3) is 0 Å². The van der Waals surface area contributed by atoms with E-state index in [0.29, 0.717) is 6.61 Å². The molecule has 0 spiro atoms. The lowest BCUT2D eigenvalue weighted by Gasteiger charge is -2.01. The maximum absolute atomic E-state index is 10.5. The Hall–Kier alpha value is 0.160. The van der Waals surface area contributed by atoms with Crippen LogP contribution in [-0.4, -0.2) is 34.0 Å². The third-order valence-corrected chi connectivity index (χ3v) is 2.06. The Labute approximate surface area is 84.3 Å². The van der Waals surface area contributed by atoms with E-state index in [1.165, 1.54) is 0 Å². The average molecular weight is 231 g/mol. The van der Waals surface area contributed by atoms with Crippen molar-refractivity contribution in [2.24, 2.45) is 0 Å². The molecule has 0 unspecified atom stereocenters. The van der Waals surface area contributed by atoms with Gasteiger partial charge in [-0.2, -0.15) is 8.42 Å². The molecule has 0 bridgehead atoms. The second kappa shape index (κ2) is 7.55. The van der Waals surface area contributed by atoms with Crippen LogP contribution in [0, 0.1) is 0 Å². The summed E-state index contributed by atoms with van der Waals surface area (Å²) in [7, 11) is -3.27. The molecule has 0 aromatic rings. The highest BCUT2D eigenvalue weighted by molar-refractivity contribution is 7.85. The Morgan fingerprint density at radius 3 is 2.31 bits per heavy atom. The van der Waals surface area contributed by atoms with Crippen LogP contribution in [0.1, 0.15) is 19.3 Å². The molecule has 80 valence electrons. The van der Waals surface area contributed by atoms with Crippen molar-refractivity contribution in [3.63, 3.8) is 0 Å². The van der Waals surface area contributed by atoms with Crippen molar-refractivity contribution in [1.82, 2.24) is 0 Å². The number of alkyl halides is 1. The van der Waals surface area contributed by atoms with E-state index in [0.717, 1.165) is 25.5 Å². The zero-order valence-electron chi connectivity index (χ0n) is 7.66. The summed E-state index contributed by atoms with van der Waals surface area (Å²) in [5.74, 6) is 0. The first-order valence-corrected chi connectivity index (χ1v) is 6.39. The monoisotopic (exact) mass is 230 g/mol. The molecular formula is C7H15ClO4S. The minimum atomic E-state index is -3.27. The SMILES string of the molecule is CS(=O)(=O)OCCCCCOCCl. The molecule has 0 saturated heterocycles. The molecule has 0 fully saturated rings. The van der Waals surface area contributed by atoms with Crippen LogP contribution in [0.2, 0.25) is 0 Å². The molecule has 0 heterocycles. The van der Waals surface area contributed by atoms with E-state index < -0.39 is 10.1 Å². The van der Waals surface area contributed by atoms with Crippen molar-refractivity contribution in [3.8, 4) is 0 Å². The predicted molar refractivity (Wildman–Crippen MR) is 51.3 cm³/mol. The molecule has 0 amide bonds. The molecule has 0 aliphatic heterocycles. The summed E-state index contributed by atoms with van der Waals surface area (Å²) in [6.07, 6.45) is 3.52. The Kier molecular flexibility index (Phi) is 7.65. The molecule has 0 aromatic heterocycles. The summed E-state index contributed by atoms with van der Waals surface area (Å²) in [5.41, 5.74) is 0. The predicted octanol–water partition coefficient (Wildman–Crippen LogP) is 1.35. The van der Waals surface area contributed by atoms with Crippen molar-refractivity contribution in [1.29, 1.82) is 0 Å². The van der Waals surface area contributed by atoms with E-state index in [-0.39, 0.29) is 12.7 Å². The molecule has 0 atom stereocenters. The Morgan fingerprint density at radius 1 is 1.15 bits per heavy atom. The minimum Gasteiger partial charge on any atom is -0.366 e. The highest BCUT2D eigenvalue weighted by Crippen LogP contribution is 1.98. The fourth-order valence-corrected chi connectivity index (χ4v) is 1.28. The third-order valence-electron chi connectivity index (χ3n) is 1.31. The fourth-order valence-electron chi connectivity index (χ4n) is 0.748. The maximum atomic E-state index is 10.5.